The van der Waals surface area contributed by atoms with Gasteiger partial charge in [-0.25, -0.2) is 0 Å². The largest absolute Gasteiger partial charge is 0.466 e. The molecule has 1 saturated heterocycles. The van der Waals surface area contributed by atoms with Crippen molar-refractivity contribution in [2.24, 2.45) is 17.6 Å². The van der Waals surface area contributed by atoms with E-state index in [1.54, 1.807) is 0 Å². The van der Waals surface area contributed by atoms with Crippen LogP contribution < -0.4 is 5.73 Å². The molecule has 4 heteroatoms. The van der Waals surface area contributed by atoms with Gasteiger partial charge >= 0.3 is 5.97 Å². The Kier molecular flexibility index (Phi) is 6.52. The second-order valence-corrected chi connectivity index (χ2v) is 5.00. The lowest BCUT2D eigenvalue weighted by molar-refractivity contribution is -0.148. The molecule has 2 N–H and O–H groups in total. The average Bonchev–Trinajstić information content (AvgIpc) is 2.30. The molecule has 0 spiro atoms. The van der Waals surface area contributed by atoms with Gasteiger partial charge in [0.25, 0.3) is 0 Å². The normalized spacial score (nSPS) is 23.4. The van der Waals surface area contributed by atoms with E-state index >= 15 is 0 Å². The summed E-state index contributed by atoms with van der Waals surface area (Å²) in [6, 6.07) is 0. The third-order valence-electron chi connectivity index (χ3n) is 3.40. The first-order valence-electron chi connectivity index (χ1n) is 6.76. The van der Waals surface area contributed by atoms with Crippen molar-refractivity contribution in [3.63, 3.8) is 0 Å². The Morgan fingerprint density at radius 2 is 2.35 bits per heavy atom. The van der Waals surface area contributed by atoms with E-state index < -0.39 is 0 Å². The quantitative estimate of drug-likeness (QED) is 0.712. The highest BCUT2D eigenvalue weighted by molar-refractivity contribution is 5.72. The summed E-state index contributed by atoms with van der Waals surface area (Å²) in [4.78, 5) is 13.9. The molecule has 1 rings (SSSR count). The predicted molar refractivity (Wildman–Crippen MR) is 68.6 cm³/mol. The molecule has 4 nitrogen and oxygen atoms in total. The Balaban J connectivity index is 2.32. The lowest BCUT2D eigenvalue weighted by Gasteiger charge is -2.33. The summed E-state index contributed by atoms with van der Waals surface area (Å²) in [5.41, 5.74) is 5.60. The zero-order valence-electron chi connectivity index (χ0n) is 11.2. The van der Waals surface area contributed by atoms with E-state index in [4.69, 9.17) is 10.5 Å². The minimum absolute atomic E-state index is 0.0217. The molecule has 1 aliphatic heterocycles. The van der Waals surface area contributed by atoms with Gasteiger partial charge < -0.3 is 15.4 Å². The summed E-state index contributed by atoms with van der Waals surface area (Å²) in [5, 5.41) is 0. The standard InChI is InChI=1S/C13H26N2O2/c1-3-17-13(16)11(2)9-15-8-4-5-12(10-15)6-7-14/h11-12H,3-10,14H2,1-2H3. The minimum Gasteiger partial charge on any atom is -0.466 e. The van der Waals surface area contributed by atoms with E-state index in [9.17, 15) is 4.79 Å². The smallest absolute Gasteiger partial charge is 0.309 e. The Labute approximate surface area is 104 Å². The molecule has 0 aliphatic carbocycles. The van der Waals surface area contributed by atoms with E-state index in [-0.39, 0.29) is 11.9 Å². The average molecular weight is 242 g/mol. The molecule has 1 heterocycles. The number of likely N-dealkylation sites (tertiary alicyclic amines) is 1. The Morgan fingerprint density at radius 1 is 1.59 bits per heavy atom. The zero-order chi connectivity index (χ0) is 12.7. The Morgan fingerprint density at radius 3 is 3.00 bits per heavy atom. The maximum absolute atomic E-state index is 11.6. The number of nitrogens with two attached hydrogens (primary N) is 1. The summed E-state index contributed by atoms with van der Waals surface area (Å²) in [7, 11) is 0. The van der Waals surface area contributed by atoms with Gasteiger partial charge in [-0.1, -0.05) is 6.92 Å². The molecule has 1 aliphatic rings. The molecule has 0 saturated carbocycles. The number of esters is 1. The SMILES string of the molecule is CCOC(=O)C(C)CN1CCCC(CCN)C1. The van der Waals surface area contributed by atoms with Crippen LogP contribution in [-0.4, -0.2) is 43.7 Å². The van der Waals surface area contributed by atoms with Crippen molar-refractivity contribution in [1.82, 2.24) is 4.90 Å². The van der Waals surface area contributed by atoms with Crippen molar-refractivity contribution >= 4 is 5.97 Å². The molecule has 100 valence electrons. The van der Waals surface area contributed by atoms with Crippen LogP contribution in [0.15, 0.2) is 0 Å². The van der Waals surface area contributed by atoms with Gasteiger partial charge in [0.15, 0.2) is 0 Å². The third kappa shape index (κ3) is 5.04. The topological polar surface area (TPSA) is 55.6 Å². The summed E-state index contributed by atoms with van der Waals surface area (Å²) < 4.78 is 5.03. The highest BCUT2D eigenvalue weighted by Gasteiger charge is 2.23. The molecule has 0 aromatic rings. The molecular weight excluding hydrogens is 216 g/mol. The van der Waals surface area contributed by atoms with Gasteiger partial charge in [-0.15, -0.1) is 0 Å². The lowest BCUT2D eigenvalue weighted by atomic mass is 9.94. The highest BCUT2D eigenvalue weighted by Crippen LogP contribution is 2.20. The van der Waals surface area contributed by atoms with E-state index in [0.29, 0.717) is 12.5 Å². The number of nitrogens with zero attached hydrogens (tertiary/aromatic N) is 1. The maximum atomic E-state index is 11.6. The number of carbonyl (C=O) groups is 1. The van der Waals surface area contributed by atoms with Crippen LogP contribution in [0, 0.1) is 11.8 Å². The molecule has 0 aromatic carbocycles. The summed E-state index contributed by atoms with van der Waals surface area (Å²) in [6.45, 7) is 8.05. The van der Waals surface area contributed by atoms with Crippen LogP contribution in [0.4, 0.5) is 0 Å². The third-order valence-corrected chi connectivity index (χ3v) is 3.40. The second-order valence-electron chi connectivity index (χ2n) is 5.00. The number of carbonyl (C=O) groups excluding carboxylic acids is 1. The van der Waals surface area contributed by atoms with Crippen molar-refractivity contribution in [3.8, 4) is 0 Å². The zero-order valence-corrected chi connectivity index (χ0v) is 11.2. The first kappa shape index (κ1) is 14.5. The summed E-state index contributed by atoms with van der Waals surface area (Å²) >= 11 is 0. The summed E-state index contributed by atoms with van der Waals surface area (Å²) in [6.07, 6.45) is 3.60. The van der Waals surface area contributed by atoms with Crippen molar-refractivity contribution in [1.29, 1.82) is 0 Å². The molecule has 0 bridgehead atoms. The van der Waals surface area contributed by atoms with Crippen molar-refractivity contribution in [2.45, 2.75) is 33.1 Å². The van der Waals surface area contributed by atoms with Crippen LogP contribution in [0.2, 0.25) is 0 Å². The van der Waals surface area contributed by atoms with Crippen LogP contribution in [-0.2, 0) is 9.53 Å². The van der Waals surface area contributed by atoms with Gasteiger partial charge in [0, 0.05) is 13.1 Å². The molecule has 0 amide bonds. The second kappa shape index (κ2) is 7.67. The van der Waals surface area contributed by atoms with Crippen LogP contribution in [0.25, 0.3) is 0 Å². The fourth-order valence-corrected chi connectivity index (χ4v) is 2.53. The monoisotopic (exact) mass is 242 g/mol. The van der Waals surface area contributed by atoms with Crippen LogP contribution >= 0.6 is 0 Å². The number of rotatable bonds is 6. The predicted octanol–water partition coefficient (Wildman–Crippen LogP) is 1.25. The van der Waals surface area contributed by atoms with Crippen LogP contribution in [0.1, 0.15) is 33.1 Å². The molecule has 0 radical (unpaired) electrons. The first-order valence-corrected chi connectivity index (χ1v) is 6.76. The number of hydrogen-bond donors (Lipinski definition) is 1. The van der Waals surface area contributed by atoms with Gasteiger partial charge in [-0.3, -0.25) is 4.79 Å². The molecule has 0 aromatic heterocycles. The molecule has 2 unspecified atom stereocenters. The van der Waals surface area contributed by atoms with Crippen molar-refractivity contribution in [3.05, 3.63) is 0 Å². The van der Waals surface area contributed by atoms with Gasteiger partial charge in [0.1, 0.15) is 0 Å². The summed E-state index contributed by atoms with van der Waals surface area (Å²) in [5.74, 6) is 0.614. The van der Waals surface area contributed by atoms with Gasteiger partial charge in [-0.2, -0.15) is 0 Å². The van der Waals surface area contributed by atoms with E-state index in [1.807, 2.05) is 13.8 Å². The first-order chi connectivity index (χ1) is 8.17. The van der Waals surface area contributed by atoms with Crippen molar-refractivity contribution < 1.29 is 9.53 Å². The number of ether oxygens (including phenoxy) is 1. The highest BCUT2D eigenvalue weighted by atomic mass is 16.5. The van der Waals surface area contributed by atoms with E-state index in [1.165, 1.54) is 12.8 Å². The molecular formula is C13H26N2O2. The van der Waals surface area contributed by atoms with Gasteiger partial charge in [-0.05, 0) is 45.2 Å². The maximum Gasteiger partial charge on any atom is 0.309 e. The van der Waals surface area contributed by atoms with Gasteiger partial charge in [0.2, 0.25) is 0 Å². The van der Waals surface area contributed by atoms with Crippen LogP contribution in [0.5, 0.6) is 0 Å². The fourth-order valence-electron chi connectivity index (χ4n) is 2.53. The minimum atomic E-state index is -0.0755. The molecule has 17 heavy (non-hydrogen) atoms. The number of piperidine rings is 1. The van der Waals surface area contributed by atoms with E-state index in [0.717, 1.165) is 32.6 Å². The Bertz CT molecular complexity index is 231. The number of hydrogen-bond acceptors (Lipinski definition) is 4. The Hall–Kier alpha value is -0.610. The van der Waals surface area contributed by atoms with Crippen LogP contribution in [0.3, 0.4) is 0 Å². The van der Waals surface area contributed by atoms with E-state index in [2.05, 4.69) is 4.90 Å². The fraction of sp³-hybridized carbons (Fsp3) is 0.923. The molecule has 1 fully saturated rings. The van der Waals surface area contributed by atoms with Gasteiger partial charge in [0.05, 0.1) is 12.5 Å². The molecule has 2 atom stereocenters. The lowest BCUT2D eigenvalue weighted by Crippen LogP contribution is -2.40. The van der Waals surface area contributed by atoms with Crippen molar-refractivity contribution in [2.75, 3.05) is 32.8 Å².